The van der Waals surface area contributed by atoms with Gasteiger partial charge in [0.25, 0.3) is 0 Å². The maximum Gasteiger partial charge on any atom is 0.179 e. The van der Waals surface area contributed by atoms with Crippen LogP contribution in [0.3, 0.4) is 0 Å². The molecule has 0 amide bonds. The van der Waals surface area contributed by atoms with Gasteiger partial charge in [-0.1, -0.05) is 11.6 Å². The molecular formula is C14H13ClIN3. The largest absolute Gasteiger partial charge is 1.00 e. The Labute approximate surface area is 133 Å². The standard InChI is InChI=1S/C14H13ClN3.HI/c1-17-7-3-4-10(9-17)14-16-12-8-11(15)5-6-13(12)18(14)2;/h3-9H,1-2H3;1H/q+1;/p-1. The quantitative estimate of drug-likeness (QED) is 0.417. The third-order valence-electron chi connectivity index (χ3n) is 3.04. The number of pyridine rings is 1. The number of halogens is 2. The van der Waals surface area contributed by atoms with Gasteiger partial charge < -0.3 is 28.5 Å². The predicted molar refractivity (Wildman–Crippen MR) is 72.3 cm³/mol. The van der Waals surface area contributed by atoms with E-state index in [4.69, 9.17) is 11.6 Å². The van der Waals surface area contributed by atoms with E-state index in [2.05, 4.69) is 21.8 Å². The summed E-state index contributed by atoms with van der Waals surface area (Å²) in [4.78, 5) is 4.65. The fraction of sp³-hybridized carbons (Fsp3) is 0.143. The molecule has 0 aliphatic carbocycles. The fourth-order valence-electron chi connectivity index (χ4n) is 2.15. The maximum absolute atomic E-state index is 6.00. The van der Waals surface area contributed by atoms with Crippen LogP contribution in [0, 0.1) is 0 Å². The summed E-state index contributed by atoms with van der Waals surface area (Å²) in [5.41, 5.74) is 3.10. The van der Waals surface area contributed by atoms with Gasteiger partial charge in [-0.05, 0) is 24.3 Å². The van der Waals surface area contributed by atoms with E-state index in [0.29, 0.717) is 5.02 Å². The number of fused-ring (bicyclic) bond motifs is 1. The lowest BCUT2D eigenvalue weighted by Crippen LogP contribution is -3.00. The molecule has 1 aromatic carbocycles. The van der Waals surface area contributed by atoms with Crippen LogP contribution in [-0.2, 0) is 14.1 Å². The van der Waals surface area contributed by atoms with Gasteiger partial charge in [-0.15, -0.1) is 0 Å². The van der Waals surface area contributed by atoms with Crippen LogP contribution in [0.15, 0.2) is 42.7 Å². The van der Waals surface area contributed by atoms with Gasteiger partial charge in [0, 0.05) is 18.1 Å². The molecule has 0 aliphatic rings. The first-order valence-electron chi connectivity index (χ1n) is 5.73. The van der Waals surface area contributed by atoms with Crippen LogP contribution < -0.4 is 28.5 Å². The molecule has 19 heavy (non-hydrogen) atoms. The lowest BCUT2D eigenvalue weighted by Gasteiger charge is -2.00. The number of aromatic nitrogens is 3. The van der Waals surface area contributed by atoms with Crippen molar-refractivity contribution < 1.29 is 28.5 Å². The zero-order chi connectivity index (χ0) is 12.7. The van der Waals surface area contributed by atoms with Crippen molar-refractivity contribution >= 4 is 22.6 Å². The Balaban J connectivity index is 0.00000133. The lowest BCUT2D eigenvalue weighted by atomic mass is 10.2. The minimum Gasteiger partial charge on any atom is -1.00 e. The monoisotopic (exact) mass is 385 g/mol. The first kappa shape index (κ1) is 14.3. The average molecular weight is 386 g/mol. The van der Waals surface area contributed by atoms with Gasteiger partial charge in [-0.3, -0.25) is 0 Å². The summed E-state index contributed by atoms with van der Waals surface area (Å²) >= 11 is 6.00. The van der Waals surface area contributed by atoms with Gasteiger partial charge in [0.05, 0.1) is 16.6 Å². The molecule has 5 heteroatoms. The third kappa shape index (κ3) is 2.60. The summed E-state index contributed by atoms with van der Waals surface area (Å²) in [6, 6.07) is 9.85. The number of rotatable bonds is 1. The van der Waals surface area contributed by atoms with E-state index < -0.39 is 0 Å². The highest BCUT2D eigenvalue weighted by Gasteiger charge is 2.12. The molecular weight excluding hydrogens is 373 g/mol. The van der Waals surface area contributed by atoms with Gasteiger partial charge in [0.1, 0.15) is 12.9 Å². The van der Waals surface area contributed by atoms with Gasteiger partial charge in [-0.2, -0.15) is 0 Å². The number of hydrogen-bond acceptors (Lipinski definition) is 1. The molecule has 3 rings (SSSR count). The van der Waals surface area contributed by atoms with Crippen molar-refractivity contribution in [3.63, 3.8) is 0 Å². The average Bonchev–Trinajstić information content (AvgIpc) is 2.66. The molecule has 0 atom stereocenters. The molecule has 0 radical (unpaired) electrons. The van der Waals surface area contributed by atoms with Gasteiger partial charge in [0.15, 0.2) is 12.4 Å². The molecule has 0 spiro atoms. The molecule has 0 fully saturated rings. The minimum absolute atomic E-state index is 0. The minimum atomic E-state index is 0. The Bertz CT molecular complexity index is 737. The number of imidazole rings is 1. The summed E-state index contributed by atoms with van der Waals surface area (Å²) in [5.74, 6) is 0.948. The number of aryl methyl sites for hydroxylation is 2. The predicted octanol–water partition coefficient (Wildman–Crippen LogP) is -0.278. The molecule has 3 nitrogen and oxygen atoms in total. The Morgan fingerprint density at radius 1 is 1.26 bits per heavy atom. The highest BCUT2D eigenvalue weighted by atomic mass is 127. The van der Waals surface area contributed by atoms with Crippen molar-refractivity contribution in [2.45, 2.75) is 0 Å². The highest BCUT2D eigenvalue weighted by molar-refractivity contribution is 6.31. The first-order valence-corrected chi connectivity index (χ1v) is 6.10. The van der Waals surface area contributed by atoms with Crippen LogP contribution in [0.1, 0.15) is 0 Å². The van der Waals surface area contributed by atoms with E-state index in [0.717, 1.165) is 22.4 Å². The number of hydrogen-bond donors (Lipinski definition) is 0. The summed E-state index contributed by atoms with van der Waals surface area (Å²) in [5, 5.41) is 0.714. The Morgan fingerprint density at radius 2 is 2.05 bits per heavy atom. The Morgan fingerprint density at radius 3 is 2.79 bits per heavy atom. The van der Waals surface area contributed by atoms with E-state index in [1.165, 1.54) is 0 Å². The summed E-state index contributed by atoms with van der Waals surface area (Å²) in [7, 11) is 4.02. The molecule has 0 aliphatic heterocycles. The second-order valence-electron chi connectivity index (χ2n) is 4.39. The Hall–Kier alpha value is -1.14. The van der Waals surface area contributed by atoms with Crippen molar-refractivity contribution in [2.24, 2.45) is 14.1 Å². The molecule has 2 aromatic heterocycles. The van der Waals surface area contributed by atoms with Gasteiger partial charge in [-0.25, -0.2) is 9.55 Å². The molecule has 0 N–H and O–H groups in total. The highest BCUT2D eigenvalue weighted by Crippen LogP contribution is 2.24. The number of benzene rings is 1. The van der Waals surface area contributed by atoms with Gasteiger partial charge in [0.2, 0.25) is 0 Å². The summed E-state index contributed by atoms with van der Waals surface area (Å²) in [6.07, 6.45) is 4.06. The fourth-order valence-corrected chi connectivity index (χ4v) is 2.32. The Kier molecular flexibility index (Phi) is 4.10. The zero-order valence-electron chi connectivity index (χ0n) is 10.6. The van der Waals surface area contributed by atoms with Crippen molar-refractivity contribution in [1.82, 2.24) is 9.55 Å². The van der Waals surface area contributed by atoms with E-state index in [9.17, 15) is 0 Å². The van der Waals surface area contributed by atoms with Crippen LogP contribution in [0.4, 0.5) is 0 Å². The molecule has 0 unspecified atom stereocenters. The van der Waals surface area contributed by atoms with Gasteiger partial charge >= 0.3 is 0 Å². The second kappa shape index (κ2) is 5.46. The van der Waals surface area contributed by atoms with Crippen LogP contribution in [-0.4, -0.2) is 9.55 Å². The van der Waals surface area contributed by atoms with E-state index in [-0.39, 0.29) is 24.0 Å². The SMILES string of the molecule is Cn1c(-c2ccc[n+](C)c2)nc2cc(Cl)ccc21.[I-]. The third-order valence-corrected chi connectivity index (χ3v) is 3.28. The van der Waals surface area contributed by atoms with E-state index in [1.54, 1.807) is 0 Å². The lowest BCUT2D eigenvalue weighted by molar-refractivity contribution is -0.671. The van der Waals surface area contributed by atoms with Crippen molar-refractivity contribution in [2.75, 3.05) is 0 Å². The maximum atomic E-state index is 6.00. The topological polar surface area (TPSA) is 21.7 Å². The summed E-state index contributed by atoms with van der Waals surface area (Å²) < 4.78 is 4.10. The molecule has 0 saturated heterocycles. The molecule has 98 valence electrons. The zero-order valence-corrected chi connectivity index (χ0v) is 13.6. The smallest absolute Gasteiger partial charge is 0.179 e. The number of nitrogens with zero attached hydrogens (tertiary/aromatic N) is 3. The van der Waals surface area contributed by atoms with Crippen molar-refractivity contribution in [3.8, 4) is 11.4 Å². The normalized spacial score (nSPS) is 10.5. The van der Waals surface area contributed by atoms with Crippen LogP contribution in [0.2, 0.25) is 5.02 Å². The molecule has 0 saturated carbocycles. The molecule has 3 aromatic rings. The van der Waals surface area contributed by atoms with E-state index >= 15 is 0 Å². The first-order chi connectivity index (χ1) is 8.65. The van der Waals surface area contributed by atoms with Crippen LogP contribution >= 0.6 is 11.6 Å². The molecule has 2 heterocycles. The van der Waals surface area contributed by atoms with Crippen LogP contribution in [0.25, 0.3) is 22.4 Å². The second-order valence-corrected chi connectivity index (χ2v) is 4.82. The van der Waals surface area contributed by atoms with Crippen LogP contribution in [0.5, 0.6) is 0 Å². The molecule has 0 bridgehead atoms. The van der Waals surface area contributed by atoms with Crippen molar-refractivity contribution in [3.05, 3.63) is 47.7 Å². The summed E-state index contributed by atoms with van der Waals surface area (Å²) in [6.45, 7) is 0. The van der Waals surface area contributed by atoms with Crippen molar-refractivity contribution in [1.29, 1.82) is 0 Å². The van der Waals surface area contributed by atoms with E-state index in [1.807, 2.05) is 49.1 Å².